The minimum Gasteiger partial charge on any atom is -1.00 e. The summed E-state index contributed by atoms with van der Waals surface area (Å²) in [6.07, 6.45) is -10.9. The molecule has 49 heteroatoms. The molecule has 5 aliphatic heterocycles. The van der Waals surface area contributed by atoms with Gasteiger partial charge in [-0.05, 0) is 126 Å². The number of hydrogen-bond donors (Lipinski definition) is 12. The van der Waals surface area contributed by atoms with Crippen LogP contribution >= 0.6 is 34.8 Å². The van der Waals surface area contributed by atoms with E-state index >= 15 is 0 Å². The van der Waals surface area contributed by atoms with E-state index in [1.807, 2.05) is 13.8 Å². The van der Waals surface area contributed by atoms with Gasteiger partial charge in [-0.15, -0.1) is 0 Å². The Morgan fingerprint density at radius 1 is 0.478 bits per heavy atom. The van der Waals surface area contributed by atoms with Crippen molar-refractivity contribution in [3.63, 3.8) is 0 Å². The van der Waals surface area contributed by atoms with E-state index < -0.39 is 135 Å². The molecule has 44 nitrogen and oxygen atoms in total. The number of aliphatic hydroxyl groups excluding tert-OH is 4. The Balaban J connectivity index is 0.000000548. The largest absolute Gasteiger partial charge is 1.00 e. The summed E-state index contributed by atoms with van der Waals surface area (Å²) in [4.78, 5) is 146. The normalized spacial score (nSPS) is 20.6. The molecule has 9 aromatic rings. The number of alkyl halides is 3. The fraction of sp³-hybridized carbons (Fsp3) is 0.388. The number of benzene rings is 5. The molecule has 4 aromatic heterocycles. The van der Waals surface area contributed by atoms with Gasteiger partial charge < -0.3 is 148 Å². The van der Waals surface area contributed by atoms with Crippen molar-refractivity contribution in [1.82, 2.24) is 0 Å². The number of amides is 4. The van der Waals surface area contributed by atoms with Gasteiger partial charge in [0, 0.05) is 121 Å². The van der Waals surface area contributed by atoms with E-state index in [0.717, 1.165) is 20.3 Å². The van der Waals surface area contributed by atoms with E-state index in [4.69, 9.17) is 150 Å². The molecule has 4 amide bonds. The van der Waals surface area contributed by atoms with Gasteiger partial charge in [0.2, 0.25) is 60.6 Å². The average Bonchev–Trinajstić information content (AvgIpc) is 1.51. The molecule has 14 rings (SSSR count). The Morgan fingerprint density at radius 2 is 0.799 bits per heavy atom. The van der Waals surface area contributed by atoms with Crippen LogP contribution in [0.15, 0.2) is 152 Å². The van der Waals surface area contributed by atoms with Crippen LogP contribution in [0, 0.1) is 11.3 Å². The Morgan fingerprint density at radius 3 is 1.15 bits per heavy atom. The summed E-state index contributed by atoms with van der Waals surface area (Å²) in [5.74, 6) is -2.16. The van der Waals surface area contributed by atoms with Crippen LogP contribution in [0.4, 0.5) is 32.3 Å². The number of carbonyl (C=O) groups excluding carboxylic acids is 9. The monoisotopic (exact) mass is 2000 g/mol. The molecular weight excluding hydrogens is 1900 g/mol. The molecule has 5 saturated heterocycles. The number of hydrogen-bond acceptors (Lipinski definition) is 40. The second-order valence-corrected chi connectivity index (χ2v) is 31.6. The first kappa shape index (κ1) is 118. The maximum absolute atomic E-state index is 12.1. The van der Waals surface area contributed by atoms with Crippen LogP contribution in [-0.2, 0) is 81.0 Å². The number of carbonyl (C=O) groups is 9. The van der Waals surface area contributed by atoms with Gasteiger partial charge >= 0.3 is 144 Å². The Hall–Kier alpha value is -9.82. The predicted octanol–water partition coefficient (Wildman–Crippen LogP) is 2.66. The average molecular weight is 2000 g/mol. The Labute approximate surface area is 862 Å². The van der Waals surface area contributed by atoms with Gasteiger partial charge in [0.1, 0.15) is 97.9 Å². The van der Waals surface area contributed by atoms with Crippen LogP contribution < -0.4 is 166 Å². The van der Waals surface area contributed by atoms with E-state index in [1.54, 1.807) is 77.1 Å². The fourth-order valence-corrected chi connectivity index (χ4v) is 12.8. The van der Waals surface area contributed by atoms with Crippen molar-refractivity contribution in [2.45, 2.75) is 179 Å². The topological polar surface area (TPSA) is 640 Å². The molecule has 0 spiro atoms. The van der Waals surface area contributed by atoms with E-state index in [1.165, 1.54) is 116 Å². The van der Waals surface area contributed by atoms with Crippen LogP contribution in [0.5, 0.6) is 34.5 Å². The van der Waals surface area contributed by atoms with Crippen LogP contribution in [0.3, 0.4) is 0 Å². The number of aromatic hydroxyl groups is 3. The van der Waals surface area contributed by atoms with E-state index in [-0.39, 0.29) is 221 Å². The molecule has 0 radical (unpaired) electrons. The molecule has 0 aliphatic carbocycles. The number of methoxy groups -OCH3 is 2. The van der Waals surface area contributed by atoms with E-state index in [0.29, 0.717) is 39.3 Å². The van der Waals surface area contributed by atoms with Crippen molar-refractivity contribution in [3.05, 3.63) is 163 Å². The number of fused-ring (bicyclic) bond motifs is 6. The third kappa shape index (κ3) is 33.0. The Bertz CT molecular complexity index is 5880. The zero-order chi connectivity index (χ0) is 98.2. The number of esters is 1. The SMILES string of the molecule is C.CC(=O)Nc1cc2ccc(O)cc2oc1=O.CC(=O)Nc1cc2ccc(OC(C)=O)cc2oc1=O.CC(=O)Nc1cc2ccc(O[C@@H]3OC(C)(C)[C@H](C)[C@H](O)C3O)cc2oc1=O.CO.CO.CO[C@@H]1[C@H]2OC(=O)O[C@H]2C(OC(=N)C(Cl)(Cl)Cl)OC1(C)C.CO[C@@H]1[C@H]2OC(=O)O[C@H]2[C@H](Oc2ccc3cc(NC(C)=O)c(=O)oc3c2)OC1(C)C.O=CO[O-].O=Cc1ccc(O)cc1O.[H-].[K+].[K+]. The zero-order valence-electron chi connectivity index (χ0n) is 75.4. The fourth-order valence-electron chi connectivity index (χ4n) is 12.7. The number of phenolic OH excluding ortho intramolecular Hbond substituents is 3. The summed E-state index contributed by atoms with van der Waals surface area (Å²) in [6.45, 7) is 18.7. The molecule has 0 saturated carbocycles. The van der Waals surface area contributed by atoms with Gasteiger partial charge in [0.25, 0.3) is 10.3 Å². The molecule has 9 heterocycles. The molecule has 0 bridgehead atoms. The quantitative estimate of drug-likeness (QED) is 0.00711. The van der Waals surface area contributed by atoms with Crippen molar-refractivity contribution in [2.24, 2.45) is 5.92 Å². The maximum Gasteiger partial charge on any atom is 1.00 e. The van der Waals surface area contributed by atoms with Crippen LogP contribution in [0.2, 0.25) is 0 Å². The van der Waals surface area contributed by atoms with E-state index in [2.05, 4.69) is 26.2 Å². The van der Waals surface area contributed by atoms with Crippen molar-refractivity contribution in [3.8, 4) is 34.5 Å². The molecule has 5 aliphatic rings. The molecule has 2 unspecified atom stereocenters. The third-order valence-electron chi connectivity index (χ3n) is 18.6. The molecule has 720 valence electrons. The van der Waals surface area contributed by atoms with Gasteiger partial charge in [0.05, 0.1) is 28.5 Å². The summed E-state index contributed by atoms with van der Waals surface area (Å²) in [6, 6.07) is 28.4. The molecule has 134 heavy (non-hydrogen) atoms. The summed E-state index contributed by atoms with van der Waals surface area (Å²) >= 11 is 16.7. The number of phenols is 3. The summed E-state index contributed by atoms with van der Waals surface area (Å²) in [5.41, 5.74) is -3.58. The standard InChI is InChI=1S/C20H21NO9.C19H23NO7.C13H11NO5.C11H14Cl3NO6.C11H9NO4.C7H6O3.CH2O3.2CH4O.CH4.2K.H/c1-9(22)21-12-7-10-5-6-11(8-13(10)27-17(12)23)26-18-15-14(28-19(24)29-15)16(25-4)20(2,3)30-18;1-9-15(22)16(23)18(27-19(9,3)4)25-12-6-5-11-7-13(20-10(2)21)17(24)26-14(11)8-12;1-7(15)14-11-5-9-3-4-10(18-8(2)16)6-12(9)19-13(11)17;1-10(2)6(17-3)4-5(19-9(16)18-4)7(21-10)20-8(15)11(12,13)14;1-6(13)12-9-4-7-2-3-8(14)5-10(7)16-11(9)15;8-4-5-1-2-6(9)3-7(5)10;2-1-4-3;2*1-2;;;;/h5-8,14-16,18H,1-4H3,(H,21,22);5-9,15-16,18,22-23H,1-4H3,(H,20,21);3-6H,1-2H3,(H,14,15);4-7,15H,1-3H3;2-5,14H,1H3,(H,12,13);1-4,9-10H;1,3H;2*2H,1H3;1H4;;;/q;;;;;;;;;;2*+1;-1/p-1/t14-,15+,16+,18+;9-,15+,16?,18-;;4-,5+,6+,7?;;;;;;;;;/m01.0........./s1. The zero-order valence-corrected chi connectivity index (χ0v) is 82.9. The summed E-state index contributed by atoms with van der Waals surface area (Å²) in [7, 11) is 4.96. The number of halogens is 3. The predicted molar refractivity (Wildman–Crippen MR) is 467 cm³/mol. The van der Waals surface area contributed by atoms with Gasteiger partial charge in [0.15, 0.2) is 18.5 Å². The summed E-state index contributed by atoms with van der Waals surface area (Å²) < 4.78 is 89.0. The first-order valence-corrected chi connectivity index (χ1v) is 39.4. The Kier molecular flexibility index (Phi) is 46.9. The van der Waals surface area contributed by atoms with Crippen LogP contribution in [0.1, 0.15) is 102 Å². The van der Waals surface area contributed by atoms with Crippen molar-refractivity contribution in [1.29, 1.82) is 5.41 Å². The van der Waals surface area contributed by atoms with E-state index in [9.17, 15) is 72.9 Å². The minimum atomic E-state index is -2.05. The molecule has 12 N–H and O–H groups in total. The maximum atomic E-state index is 12.1. The number of ether oxygens (including phenoxy) is 13. The second-order valence-electron chi connectivity index (χ2n) is 29.3. The number of nitrogens with one attached hydrogen (secondary N) is 5. The minimum absolute atomic E-state index is 0. The first-order valence-electron chi connectivity index (χ1n) is 38.2. The van der Waals surface area contributed by atoms with Crippen molar-refractivity contribution in [2.75, 3.05) is 49.7 Å². The summed E-state index contributed by atoms with van der Waals surface area (Å²) in [5, 5.41) is 89.4. The molecule has 5 fully saturated rings. The molecule has 12 atom stereocenters. The second kappa shape index (κ2) is 53.1. The number of rotatable bonds is 14. The van der Waals surface area contributed by atoms with Gasteiger partial charge in [-0.1, -0.05) is 49.2 Å². The van der Waals surface area contributed by atoms with Crippen LogP contribution in [0.25, 0.3) is 43.9 Å². The van der Waals surface area contributed by atoms with Gasteiger partial charge in [-0.3, -0.25) is 39.0 Å². The van der Waals surface area contributed by atoms with Crippen molar-refractivity contribution >= 4 is 162 Å². The number of anilines is 4. The number of aldehydes is 1. The molecule has 5 aromatic carbocycles. The van der Waals surface area contributed by atoms with Gasteiger partial charge in [-0.2, -0.15) is 0 Å². The molecular formula is C85H98Cl3K2N5O39. The smallest absolute Gasteiger partial charge is 1.00 e. The van der Waals surface area contributed by atoms with Crippen LogP contribution in [-0.4, -0.2) is 213 Å². The third-order valence-corrected chi connectivity index (χ3v) is 19.1. The van der Waals surface area contributed by atoms with Gasteiger partial charge in [-0.25, -0.2) is 28.8 Å². The first-order chi connectivity index (χ1) is 61.5. The number of aliphatic hydroxyl groups is 4. The van der Waals surface area contributed by atoms with Crippen molar-refractivity contribution < 1.29 is 272 Å².